The Hall–Kier alpha value is -3.15. The van der Waals surface area contributed by atoms with E-state index in [1.54, 1.807) is 29.2 Å². The number of hydrogen-bond acceptors (Lipinski definition) is 3. The molecule has 2 aromatic rings. The molecule has 0 unspecified atom stereocenters. The average Bonchev–Trinajstić information content (AvgIpc) is 2.66. The quantitative estimate of drug-likeness (QED) is 0.698. The summed E-state index contributed by atoms with van der Waals surface area (Å²) in [6, 6.07) is 17.0. The predicted molar refractivity (Wildman–Crippen MR) is 111 cm³/mol. The zero-order valence-electron chi connectivity index (χ0n) is 16.4. The van der Waals surface area contributed by atoms with Gasteiger partial charge in [-0.1, -0.05) is 30.3 Å². The smallest absolute Gasteiger partial charge is 0.226 e. The van der Waals surface area contributed by atoms with Crippen molar-refractivity contribution >= 4 is 29.1 Å². The van der Waals surface area contributed by atoms with Crippen LogP contribution < -0.4 is 10.6 Å². The monoisotopic (exact) mass is 381 g/mol. The molecule has 2 N–H and O–H groups in total. The van der Waals surface area contributed by atoms with Crippen molar-refractivity contribution in [1.29, 1.82) is 0 Å². The van der Waals surface area contributed by atoms with Gasteiger partial charge in [0.15, 0.2) is 0 Å². The van der Waals surface area contributed by atoms with Crippen LogP contribution in [0.2, 0.25) is 0 Å². The van der Waals surface area contributed by atoms with E-state index in [-0.39, 0.29) is 24.1 Å². The van der Waals surface area contributed by atoms with E-state index in [4.69, 9.17) is 0 Å². The molecule has 0 saturated carbocycles. The minimum absolute atomic E-state index is 0.0273. The number of carbonyl (C=O) groups is 3. The third-order valence-corrected chi connectivity index (χ3v) is 4.28. The van der Waals surface area contributed by atoms with Gasteiger partial charge in [-0.3, -0.25) is 14.4 Å². The fourth-order valence-corrected chi connectivity index (χ4v) is 2.85. The Bertz CT molecular complexity index is 788. The maximum Gasteiger partial charge on any atom is 0.226 e. The van der Waals surface area contributed by atoms with Gasteiger partial charge in [-0.2, -0.15) is 0 Å². The molecule has 0 aliphatic rings. The molecule has 0 aliphatic heterocycles. The van der Waals surface area contributed by atoms with Crippen LogP contribution in [0.5, 0.6) is 0 Å². The van der Waals surface area contributed by atoms with Crippen LogP contribution >= 0.6 is 0 Å². The highest BCUT2D eigenvalue weighted by Gasteiger charge is 2.11. The molecule has 0 spiro atoms. The minimum Gasteiger partial charge on any atom is -0.342 e. The van der Waals surface area contributed by atoms with Crippen LogP contribution in [0.15, 0.2) is 54.6 Å². The van der Waals surface area contributed by atoms with Crippen LogP contribution in [0.3, 0.4) is 0 Å². The van der Waals surface area contributed by atoms with Crippen LogP contribution in [0, 0.1) is 0 Å². The zero-order valence-corrected chi connectivity index (χ0v) is 16.4. The minimum atomic E-state index is -0.151. The van der Waals surface area contributed by atoms with Crippen LogP contribution in [0.1, 0.15) is 32.3 Å². The van der Waals surface area contributed by atoms with Gasteiger partial charge in [-0.25, -0.2) is 0 Å². The number of benzene rings is 2. The number of nitrogens with zero attached hydrogens (tertiary/aromatic N) is 1. The molecular weight excluding hydrogens is 354 g/mol. The molecule has 148 valence electrons. The van der Waals surface area contributed by atoms with Crippen molar-refractivity contribution < 1.29 is 14.4 Å². The summed E-state index contributed by atoms with van der Waals surface area (Å²) >= 11 is 0. The molecule has 0 fully saturated rings. The van der Waals surface area contributed by atoms with Crippen LogP contribution in [0.4, 0.5) is 11.4 Å². The molecule has 0 aliphatic carbocycles. The molecule has 0 atom stereocenters. The number of hydrogen-bond donors (Lipinski definition) is 2. The molecule has 3 amide bonds. The number of anilines is 2. The fraction of sp³-hybridized carbons (Fsp3) is 0.318. The number of nitrogens with one attached hydrogen (secondary N) is 2. The van der Waals surface area contributed by atoms with E-state index < -0.39 is 0 Å². The van der Waals surface area contributed by atoms with E-state index in [1.807, 2.05) is 18.2 Å². The normalized spacial score (nSPS) is 10.2. The first-order chi connectivity index (χ1) is 13.4. The number of carbonyl (C=O) groups excluding carboxylic acids is 3. The summed E-state index contributed by atoms with van der Waals surface area (Å²) in [6.45, 7) is 3.99. The van der Waals surface area contributed by atoms with Gasteiger partial charge in [0.2, 0.25) is 17.7 Å². The molecule has 6 nitrogen and oxygen atoms in total. The maximum atomic E-state index is 12.2. The summed E-state index contributed by atoms with van der Waals surface area (Å²) in [7, 11) is 0. The Labute approximate surface area is 165 Å². The molecule has 0 radical (unpaired) electrons. The van der Waals surface area contributed by atoms with Gasteiger partial charge in [0.05, 0.1) is 0 Å². The van der Waals surface area contributed by atoms with Gasteiger partial charge in [-0.15, -0.1) is 0 Å². The third kappa shape index (κ3) is 7.61. The lowest BCUT2D eigenvalue weighted by Crippen LogP contribution is -2.33. The Morgan fingerprint density at radius 1 is 0.821 bits per heavy atom. The van der Waals surface area contributed by atoms with E-state index in [0.29, 0.717) is 24.5 Å². The summed E-state index contributed by atoms with van der Waals surface area (Å²) in [6.07, 6.45) is 1.99. The lowest BCUT2D eigenvalue weighted by molar-refractivity contribution is -0.129. The van der Waals surface area contributed by atoms with Crippen molar-refractivity contribution in [3.8, 4) is 0 Å². The van der Waals surface area contributed by atoms with Gasteiger partial charge >= 0.3 is 0 Å². The lowest BCUT2D eigenvalue weighted by atomic mass is 10.1. The fourth-order valence-electron chi connectivity index (χ4n) is 2.85. The highest BCUT2D eigenvalue weighted by Crippen LogP contribution is 2.14. The van der Waals surface area contributed by atoms with Gasteiger partial charge in [-0.05, 0) is 42.7 Å². The average molecular weight is 381 g/mol. The molecule has 0 aromatic heterocycles. The van der Waals surface area contributed by atoms with Crippen LogP contribution in [-0.2, 0) is 20.8 Å². The molecule has 2 rings (SSSR count). The third-order valence-electron chi connectivity index (χ3n) is 4.28. The van der Waals surface area contributed by atoms with Gasteiger partial charge in [0, 0.05) is 44.7 Å². The summed E-state index contributed by atoms with van der Waals surface area (Å²) in [5.41, 5.74) is 2.57. The summed E-state index contributed by atoms with van der Waals surface area (Å²) in [4.78, 5) is 36.8. The van der Waals surface area contributed by atoms with Gasteiger partial charge < -0.3 is 15.5 Å². The Morgan fingerprint density at radius 3 is 2.00 bits per heavy atom. The Balaban J connectivity index is 1.76. The van der Waals surface area contributed by atoms with Crippen LogP contribution in [0.25, 0.3) is 0 Å². The summed E-state index contributed by atoms with van der Waals surface area (Å²) in [5, 5.41) is 5.48. The Kier molecular flexibility index (Phi) is 8.21. The number of amides is 3. The largest absolute Gasteiger partial charge is 0.342 e. The van der Waals surface area contributed by atoms with E-state index >= 15 is 0 Å². The van der Waals surface area contributed by atoms with Crippen molar-refractivity contribution in [3.05, 3.63) is 60.2 Å². The van der Waals surface area contributed by atoms with E-state index in [2.05, 4.69) is 22.8 Å². The molecule has 0 bridgehead atoms. The van der Waals surface area contributed by atoms with Crippen molar-refractivity contribution in [2.45, 2.75) is 33.1 Å². The van der Waals surface area contributed by atoms with E-state index in [0.717, 1.165) is 12.8 Å². The van der Waals surface area contributed by atoms with Crippen molar-refractivity contribution in [3.63, 3.8) is 0 Å². The molecular formula is C22H27N3O3. The molecule has 0 saturated heterocycles. The second kappa shape index (κ2) is 10.9. The van der Waals surface area contributed by atoms with Crippen LogP contribution in [-0.4, -0.2) is 35.7 Å². The standard InChI is InChI=1S/C22H27N3O3/c1-17(26)23-20-10-12-21(13-11-20)24-22(28)14-16-25(18(2)27)15-6-9-19-7-4-3-5-8-19/h3-5,7-8,10-13H,6,9,14-16H2,1-2H3,(H,23,26)(H,24,28). The highest BCUT2D eigenvalue weighted by atomic mass is 16.2. The van der Waals surface area contributed by atoms with Crippen molar-refractivity contribution in [1.82, 2.24) is 4.90 Å². The van der Waals surface area contributed by atoms with Crippen molar-refractivity contribution in [2.24, 2.45) is 0 Å². The maximum absolute atomic E-state index is 12.2. The SMILES string of the molecule is CC(=O)Nc1ccc(NC(=O)CCN(CCCc2ccccc2)C(C)=O)cc1. The molecule has 0 heterocycles. The highest BCUT2D eigenvalue weighted by molar-refractivity contribution is 5.92. The second-order valence-electron chi connectivity index (χ2n) is 6.65. The Morgan fingerprint density at radius 2 is 1.43 bits per heavy atom. The van der Waals surface area contributed by atoms with Crippen molar-refractivity contribution in [2.75, 3.05) is 23.7 Å². The summed E-state index contributed by atoms with van der Waals surface area (Å²) < 4.78 is 0. The predicted octanol–water partition coefficient (Wildman–Crippen LogP) is 3.45. The molecule has 6 heteroatoms. The zero-order chi connectivity index (χ0) is 20.4. The first kappa shape index (κ1) is 21.2. The second-order valence-corrected chi connectivity index (χ2v) is 6.65. The number of rotatable bonds is 9. The lowest BCUT2D eigenvalue weighted by Gasteiger charge is -2.21. The molecule has 28 heavy (non-hydrogen) atoms. The first-order valence-electron chi connectivity index (χ1n) is 9.41. The molecule has 2 aromatic carbocycles. The topological polar surface area (TPSA) is 78.5 Å². The van der Waals surface area contributed by atoms with Gasteiger partial charge in [0.1, 0.15) is 0 Å². The first-order valence-corrected chi connectivity index (χ1v) is 9.41. The summed E-state index contributed by atoms with van der Waals surface area (Å²) in [5.74, 6) is -0.324. The van der Waals surface area contributed by atoms with E-state index in [1.165, 1.54) is 19.4 Å². The number of aryl methyl sites for hydroxylation is 1. The van der Waals surface area contributed by atoms with E-state index in [9.17, 15) is 14.4 Å². The van der Waals surface area contributed by atoms with Gasteiger partial charge in [0.25, 0.3) is 0 Å².